The largest absolute Gasteiger partial charge is 0.312 e. The lowest BCUT2D eigenvalue weighted by atomic mass is 10.4. The standard InChI is InChI=1S/C9H5N3OS2/c13-9-8-5(11-3-12-9)1-6(15-8)7-2-10-4-14-7/h1-4H,(H,11,12,13). The monoisotopic (exact) mass is 235 g/mol. The number of aromatic nitrogens is 3. The van der Waals surface area contributed by atoms with Crippen LogP contribution in [0.1, 0.15) is 0 Å². The van der Waals surface area contributed by atoms with Crippen LogP contribution in [0.5, 0.6) is 0 Å². The van der Waals surface area contributed by atoms with E-state index in [-0.39, 0.29) is 5.56 Å². The molecule has 0 spiro atoms. The second-order valence-electron chi connectivity index (χ2n) is 2.92. The summed E-state index contributed by atoms with van der Waals surface area (Å²) in [6.45, 7) is 0. The molecule has 3 aromatic heterocycles. The molecule has 0 aliphatic heterocycles. The number of nitrogens with zero attached hydrogens (tertiary/aromatic N) is 2. The number of fused-ring (bicyclic) bond motifs is 1. The number of nitrogens with one attached hydrogen (secondary N) is 1. The molecular formula is C9H5N3OS2. The molecule has 0 bridgehead atoms. The topological polar surface area (TPSA) is 58.6 Å². The average molecular weight is 235 g/mol. The Balaban J connectivity index is 2.32. The average Bonchev–Trinajstić information content (AvgIpc) is 2.86. The van der Waals surface area contributed by atoms with Gasteiger partial charge in [0.25, 0.3) is 5.56 Å². The van der Waals surface area contributed by atoms with Crippen LogP contribution in [-0.4, -0.2) is 15.0 Å². The highest BCUT2D eigenvalue weighted by Gasteiger charge is 2.08. The van der Waals surface area contributed by atoms with Gasteiger partial charge >= 0.3 is 0 Å². The normalized spacial score (nSPS) is 10.9. The zero-order valence-corrected chi connectivity index (χ0v) is 9.06. The molecule has 3 rings (SSSR count). The van der Waals surface area contributed by atoms with Gasteiger partial charge in [0, 0.05) is 11.1 Å². The summed E-state index contributed by atoms with van der Waals surface area (Å²) in [6.07, 6.45) is 3.22. The first-order valence-electron chi connectivity index (χ1n) is 4.21. The van der Waals surface area contributed by atoms with Crippen molar-refractivity contribution in [2.45, 2.75) is 0 Å². The van der Waals surface area contributed by atoms with E-state index in [0.717, 1.165) is 15.3 Å². The van der Waals surface area contributed by atoms with Gasteiger partial charge in [0.2, 0.25) is 0 Å². The summed E-state index contributed by atoms with van der Waals surface area (Å²) in [5.41, 5.74) is 2.44. The molecule has 0 fully saturated rings. The van der Waals surface area contributed by atoms with Crippen molar-refractivity contribution in [3.8, 4) is 9.75 Å². The molecule has 0 amide bonds. The van der Waals surface area contributed by atoms with Gasteiger partial charge in [-0.3, -0.25) is 9.78 Å². The number of H-pyrrole nitrogens is 1. The van der Waals surface area contributed by atoms with E-state index in [2.05, 4.69) is 15.0 Å². The first-order valence-corrected chi connectivity index (χ1v) is 5.90. The van der Waals surface area contributed by atoms with Gasteiger partial charge in [-0.25, -0.2) is 4.98 Å². The van der Waals surface area contributed by atoms with Crippen molar-refractivity contribution < 1.29 is 0 Å². The van der Waals surface area contributed by atoms with E-state index in [1.165, 1.54) is 17.7 Å². The lowest BCUT2D eigenvalue weighted by Crippen LogP contribution is -2.02. The fraction of sp³-hybridized carbons (Fsp3) is 0. The quantitative estimate of drug-likeness (QED) is 0.702. The van der Waals surface area contributed by atoms with Crippen molar-refractivity contribution in [2.24, 2.45) is 0 Å². The smallest absolute Gasteiger partial charge is 0.268 e. The molecule has 0 aromatic carbocycles. The highest BCUT2D eigenvalue weighted by atomic mass is 32.1. The predicted octanol–water partition coefficient (Wildman–Crippen LogP) is 2.11. The van der Waals surface area contributed by atoms with Crippen LogP contribution in [-0.2, 0) is 0 Å². The molecule has 0 aliphatic carbocycles. The van der Waals surface area contributed by atoms with E-state index >= 15 is 0 Å². The Morgan fingerprint density at radius 3 is 3.00 bits per heavy atom. The molecule has 0 saturated heterocycles. The summed E-state index contributed by atoms with van der Waals surface area (Å²) < 4.78 is 0.668. The summed E-state index contributed by atoms with van der Waals surface area (Å²) in [4.78, 5) is 24.3. The molecule has 1 N–H and O–H groups in total. The summed E-state index contributed by atoms with van der Waals surface area (Å²) in [5, 5.41) is 0. The van der Waals surface area contributed by atoms with E-state index in [1.54, 1.807) is 23.0 Å². The Morgan fingerprint density at radius 2 is 2.27 bits per heavy atom. The van der Waals surface area contributed by atoms with Crippen LogP contribution in [0.25, 0.3) is 20.0 Å². The molecular weight excluding hydrogens is 230 g/mol. The van der Waals surface area contributed by atoms with E-state index in [9.17, 15) is 4.79 Å². The molecule has 0 unspecified atom stereocenters. The number of rotatable bonds is 1. The summed E-state index contributed by atoms with van der Waals surface area (Å²) in [6, 6.07) is 1.92. The van der Waals surface area contributed by atoms with Gasteiger partial charge in [0.1, 0.15) is 4.70 Å². The fourth-order valence-electron chi connectivity index (χ4n) is 1.32. The van der Waals surface area contributed by atoms with Gasteiger partial charge in [-0.1, -0.05) is 0 Å². The van der Waals surface area contributed by atoms with Crippen LogP contribution in [0, 0.1) is 0 Å². The van der Waals surface area contributed by atoms with Gasteiger partial charge < -0.3 is 4.98 Å². The fourth-order valence-corrected chi connectivity index (χ4v) is 3.04. The Morgan fingerprint density at radius 1 is 1.33 bits per heavy atom. The van der Waals surface area contributed by atoms with Crippen LogP contribution < -0.4 is 5.56 Å². The van der Waals surface area contributed by atoms with Crippen molar-refractivity contribution in [2.75, 3.05) is 0 Å². The van der Waals surface area contributed by atoms with Crippen LogP contribution in [0.15, 0.2) is 28.9 Å². The molecule has 3 heterocycles. The number of hydrogen-bond acceptors (Lipinski definition) is 5. The lowest BCUT2D eigenvalue weighted by molar-refractivity contribution is 1.18. The minimum atomic E-state index is -0.0826. The number of aromatic amines is 1. The Hall–Kier alpha value is -1.53. The number of thiazole rings is 1. The maximum absolute atomic E-state index is 11.5. The Kier molecular flexibility index (Phi) is 1.90. The minimum absolute atomic E-state index is 0.0826. The molecule has 0 atom stereocenters. The summed E-state index contributed by atoms with van der Waals surface area (Å²) >= 11 is 3.00. The zero-order valence-electron chi connectivity index (χ0n) is 7.43. The van der Waals surface area contributed by atoms with Crippen molar-refractivity contribution in [3.05, 3.63) is 34.5 Å². The van der Waals surface area contributed by atoms with E-state index in [4.69, 9.17) is 0 Å². The minimum Gasteiger partial charge on any atom is -0.312 e. The SMILES string of the molecule is O=c1[nH]cnc2cc(-c3cncs3)sc12. The number of thiophene rings is 1. The van der Waals surface area contributed by atoms with Crippen molar-refractivity contribution in [1.29, 1.82) is 0 Å². The third-order valence-corrected chi connectivity index (χ3v) is 4.09. The van der Waals surface area contributed by atoms with Gasteiger partial charge in [-0.2, -0.15) is 0 Å². The molecule has 74 valence electrons. The number of hydrogen-bond donors (Lipinski definition) is 1. The Bertz CT molecular complexity index is 653. The molecule has 0 radical (unpaired) electrons. The van der Waals surface area contributed by atoms with Gasteiger partial charge in [0.05, 0.1) is 22.2 Å². The zero-order chi connectivity index (χ0) is 10.3. The second-order valence-corrected chi connectivity index (χ2v) is 4.86. The van der Waals surface area contributed by atoms with Crippen LogP contribution in [0.2, 0.25) is 0 Å². The molecule has 0 saturated carbocycles. The first kappa shape index (κ1) is 8.75. The van der Waals surface area contributed by atoms with Crippen molar-refractivity contribution in [3.63, 3.8) is 0 Å². The predicted molar refractivity (Wildman–Crippen MR) is 61.3 cm³/mol. The molecule has 3 aromatic rings. The van der Waals surface area contributed by atoms with Gasteiger partial charge in [-0.15, -0.1) is 22.7 Å². The lowest BCUT2D eigenvalue weighted by Gasteiger charge is -1.83. The van der Waals surface area contributed by atoms with Gasteiger partial charge in [0.15, 0.2) is 0 Å². The second kappa shape index (κ2) is 3.25. The first-order chi connectivity index (χ1) is 7.34. The highest BCUT2D eigenvalue weighted by Crippen LogP contribution is 2.32. The molecule has 4 nitrogen and oxygen atoms in total. The third kappa shape index (κ3) is 1.38. The van der Waals surface area contributed by atoms with Crippen molar-refractivity contribution in [1.82, 2.24) is 15.0 Å². The maximum Gasteiger partial charge on any atom is 0.268 e. The third-order valence-electron chi connectivity index (χ3n) is 1.99. The summed E-state index contributed by atoms with van der Waals surface area (Å²) in [5.74, 6) is 0. The maximum atomic E-state index is 11.5. The van der Waals surface area contributed by atoms with Crippen LogP contribution in [0.3, 0.4) is 0 Å². The molecule has 6 heteroatoms. The summed E-state index contributed by atoms with van der Waals surface area (Å²) in [7, 11) is 0. The van der Waals surface area contributed by atoms with E-state index in [1.807, 2.05) is 6.07 Å². The Labute approximate surface area is 92.3 Å². The highest BCUT2D eigenvalue weighted by molar-refractivity contribution is 7.25. The van der Waals surface area contributed by atoms with Gasteiger partial charge in [-0.05, 0) is 6.07 Å². The van der Waals surface area contributed by atoms with Crippen molar-refractivity contribution >= 4 is 32.9 Å². The van der Waals surface area contributed by atoms with Crippen LogP contribution in [0.4, 0.5) is 0 Å². The van der Waals surface area contributed by atoms with E-state index < -0.39 is 0 Å². The molecule has 15 heavy (non-hydrogen) atoms. The van der Waals surface area contributed by atoms with Crippen LogP contribution >= 0.6 is 22.7 Å². The molecule has 0 aliphatic rings. The van der Waals surface area contributed by atoms with E-state index in [0.29, 0.717) is 4.70 Å².